The van der Waals surface area contributed by atoms with E-state index in [-0.39, 0.29) is 29.2 Å². The molecule has 24 heavy (non-hydrogen) atoms. The molecule has 0 aromatic carbocycles. The smallest absolute Gasteiger partial charge is 0.342 e. The topological polar surface area (TPSA) is 88.6 Å². The molecule has 1 heterocycles. The summed E-state index contributed by atoms with van der Waals surface area (Å²) in [7, 11) is 1.48. The maximum atomic E-state index is 12.1. The van der Waals surface area contributed by atoms with Crippen molar-refractivity contribution in [2.24, 2.45) is 0 Å². The summed E-state index contributed by atoms with van der Waals surface area (Å²) in [5.74, 6) is -1.40. The highest BCUT2D eigenvalue weighted by Gasteiger charge is 2.25. The van der Waals surface area contributed by atoms with Gasteiger partial charge in [-0.05, 0) is 38.3 Å². The van der Waals surface area contributed by atoms with Crippen molar-refractivity contribution in [3.8, 4) is 0 Å². The van der Waals surface area contributed by atoms with Gasteiger partial charge in [-0.15, -0.1) is 0 Å². The molecular weight excluding hydrogens is 334 g/mol. The number of amides is 2. The first-order chi connectivity index (χ1) is 11.3. The number of likely N-dealkylation sites (N-methyl/N-ethyl adjacent to an activating group) is 1. The highest BCUT2D eigenvalue weighted by atomic mass is 35.5. The minimum Gasteiger partial charge on any atom is -0.452 e. The highest BCUT2D eigenvalue weighted by molar-refractivity contribution is 6.32. The monoisotopic (exact) mass is 353 g/mol. The van der Waals surface area contributed by atoms with E-state index in [0.29, 0.717) is 11.3 Å². The number of aryl methyl sites for hydroxylation is 2. The maximum absolute atomic E-state index is 12.1. The summed E-state index contributed by atoms with van der Waals surface area (Å²) in [5.41, 5.74) is 1.46. The predicted molar refractivity (Wildman–Crippen MR) is 87.8 cm³/mol. The van der Waals surface area contributed by atoms with E-state index < -0.39 is 18.5 Å². The fraction of sp³-hybridized carbons (Fsp3) is 0.500. The SMILES string of the molecule is Cc1cc(C)c(C(=O)OCC(=O)N(C)CC(=O)NC2CC2)c(Cl)n1. The van der Waals surface area contributed by atoms with E-state index in [0.717, 1.165) is 12.8 Å². The van der Waals surface area contributed by atoms with Crippen LogP contribution in [0.1, 0.15) is 34.5 Å². The summed E-state index contributed by atoms with van der Waals surface area (Å²) in [5, 5.41) is 2.83. The van der Waals surface area contributed by atoms with Crippen LogP contribution in [0.15, 0.2) is 6.07 Å². The van der Waals surface area contributed by atoms with Crippen LogP contribution in [0.25, 0.3) is 0 Å². The standard InChI is InChI=1S/C16H20ClN3O4/c1-9-6-10(2)18-15(17)14(9)16(23)24-8-13(22)20(3)7-12(21)19-11-4-5-11/h6,11H,4-5,7-8H2,1-3H3,(H,19,21). The predicted octanol–water partition coefficient (Wildman–Crippen LogP) is 1.25. The second-order valence-electron chi connectivity index (χ2n) is 5.91. The van der Waals surface area contributed by atoms with Gasteiger partial charge in [0.1, 0.15) is 5.15 Å². The van der Waals surface area contributed by atoms with E-state index in [2.05, 4.69) is 10.3 Å². The van der Waals surface area contributed by atoms with Crippen molar-refractivity contribution in [3.05, 3.63) is 28.0 Å². The third-order valence-electron chi connectivity index (χ3n) is 3.58. The minimum absolute atomic E-state index is 0.0436. The molecule has 0 radical (unpaired) electrons. The summed E-state index contributed by atoms with van der Waals surface area (Å²) in [4.78, 5) is 40.9. The number of hydrogen-bond donors (Lipinski definition) is 1. The van der Waals surface area contributed by atoms with Gasteiger partial charge >= 0.3 is 5.97 Å². The molecule has 7 nitrogen and oxygen atoms in total. The molecule has 130 valence electrons. The first kappa shape index (κ1) is 18.2. The van der Waals surface area contributed by atoms with Crippen LogP contribution in [0.4, 0.5) is 0 Å². The summed E-state index contributed by atoms with van der Waals surface area (Å²) >= 11 is 5.97. The van der Waals surface area contributed by atoms with Crippen LogP contribution < -0.4 is 5.32 Å². The van der Waals surface area contributed by atoms with Gasteiger partial charge in [-0.2, -0.15) is 0 Å². The molecular formula is C16H20ClN3O4. The lowest BCUT2D eigenvalue weighted by molar-refractivity contribution is -0.137. The zero-order valence-corrected chi connectivity index (χ0v) is 14.6. The molecule has 0 bridgehead atoms. The number of halogens is 1. The Morgan fingerprint density at radius 2 is 2.04 bits per heavy atom. The summed E-state index contributed by atoms with van der Waals surface area (Å²) < 4.78 is 5.00. The Bertz CT molecular complexity index is 650. The van der Waals surface area contributed by atoms with Gasteiger partial charge < -0.3 is 15.0 Å². The second kappa shape index (κ2) is 7.61. The van der Waals surface area contributed by atoms with Gasteiger partial charge in [0.25, 0.3) is 5.91 Å². The fourth-order valence-electron chi connectivity index (χ4n) is 2.15. The molecule has 1 N–H and O–H groups in total. The molecule has 0 aliphatic heterocycles. The van der Waals surface area contributed by atoms with Crippen molar-refractivity contribution in [1.29, 1.82) is 0 Å². The second-order valence-corrected chi connectivity index (χ2v) is 6.27. The van der Waals surface area contributed by atoms with Crippen LogP contribution in [-0.2, 0) is 14.3 Å². The van der Waals surface area contributed by atoms with Crippen LogP contribution in [-0.4, -0.2) is 53.9 Å². The normalized spacial score (nSPS) is 13.3. The number of carbonyl (C=O) groups excluding carboxylic acids is 3. The molecule has 0 atom stereocenters. The van der Waals surface area contributed by atoms with Crippen molar-refractivity contribution in [2.75, 3.05) is 20.2 Å². The molecule has 8 heteroatoms. The van der Waals surface area contributed by atoms with Crippen molar-refractivity contribution >= 4 is 29.4 Å². The summed E-state index contributed by atoms with van der Waals surface area (Å²) in [6, 6.07) is 1.94. The lowest BCUT2D eigenvalue weighted by Crippen LogP contribution is -2.40. The van der Waals surface area contributed by atoms with Crippen LogP contribution in [0.3, 0.4) is 0 Å². The van der Waals surface area contributed by atoms with Crippen LogP contribution in [0, 0.1) is 13.8 Å². The van der Waals surface area contributed by atoms with E-state index in [1.807, 2.05) is 0 Å². The number of rotatable bonds is 6. The van der Waals surface area contributed by atoms with Crippen molar-refractivity contribution in [2.45, 2.75) is 32.7 Å². The Labute approximate surface area is 145 Å². The molecule has 1 aromatic rings. The molecule has 1 aromatic heterocycles. The molecule has 1 fully saturated rings. The zero-order valence-electron chi connectivity index (χ0n) is 13.9. The quantitative estimate of drug-likeness (QED) is 0.614. The van der Waals surface area contributed by atoms with E-state index in [4.69, 9.17) is 16.3 Å². The molecule has 1 aliphatic carbocycles. The first-order valence-corrected chi connectivity index (χ1v) is 8.00. The Hall–Kier alpha value is -2.15. The number of nitrogens with one attached hydrogen (secondary N) is 1. The minimum atomic E-state index is -0.714. The largest absolute Gasteiger partial charge is 0.452 e. The summed E-state index contributed by atoms with van der Waals surface area (Å²) in [6.07, 6.45) is 1.96. The number of ether oxygens (including phenoxy) is 1. The van der Waals surface area contributed by atoms with Crippen molar-refractivity contribution in [3.63, 3.8) is 0 Å². The Morgan fingerprint density at radius 3 is 2.62 bits per heavy atom. The maximum Gasteiger partial charge on any atom is 0.342 e. The number of pyridine rings is 1. The zero-order chi connectivity index (χ0) is 17.9. The van der Waals surface area contributed by atoms with Crippen LogP contribution >= 0.6 is 11.6 Å². The van der Waals surface area contributed by atoms with Gasteiger partial charge in [-0.25, -0.2) is 9.78 Å². The van der Waals surface area contributed by atoms with E-state index >= 15 is 0 Å². The molecule has 2 amide bonds. The molecule has 2 rings (SSSR count). The van der Waals surface area contributed by atoms with E-state index in [9.17, 15) is 14.4 Å². The van der Waals surface area contributed by atoms with E-state index in [1.54, 1.807) is 19.9 Å². The number of carbonyl (C=O) groups is 3. The Balaban J connectivity index is 1.86. The number of aromatic nitrogens is 1. The number of nitrogens with zero attached hydrogens (tertiary/aromatic N) is 2. The Morgan fingerprint density at radius 1 is 1.38 bits per heavy atom. The summed E-state index contributed by atoms with van der Waals surface area (Å²) in [6.45, 7) is 2.95. The highest BCUT2D eigenvalue weighted by Crippen LogP contribution is 2.20. The fourth-order valence-corrected chi connectivity index (χ4v) is 2.51. The lowest BCUT2D eigenvalue weighted by Gasteiger charge is -2.17. The van der Waals surface area contributed by atoms with Gasteiger partial charge in [-0.3, -0.25) is 9.59 Å². The number of hydrogen-bond acceptors (Lipinski definition) is 5. The average molecular weight is 354 g/mol. The van der Waals surface area contributed by atoms with Gasteiger partial charge in [0.15, 0.2) is 6.61 Å². The third-order valence-corrected chi connectivity index (χ3v) is 3.85. The van der Waals surface area contributed by atoms with Gasteiger partial charge in [-0.1, -0.05) is 11.6 Å². The van der Waals surface area contributed by atoms with Gasteiger partial charge in [0, 0.05) is 18.8 Å². The van der Waals surface area contributed by atoms with Crippen LogP contribution in [0.2, 0.25) is 5.15 Å². The molecule has 0 spiro atoms. The Kier molecular flexibility index (Phi) is 5.77. The van der Waals surface area contributed by atoms with E-state index in [1.165, 1.54) is 11.9 Å². The van der Waals surface area contributed by atoms with Gasteiger partial charge in [0.05, 0.1) is 12.1 Å². The van der Waals surface area contributed by atoms with Crippen molar-refractivity contribution < 1.29 is 19.1 Å². The first-order valence-electron chi connectivity index (χ1n) is 7.62. The van der Waals surface area contributed by atoms with Crippen LogP contribution in [0.5, 0.6) is 0 Å². The molecule has 0 unspecified atom stereocenters. The van der Waals surface area contributed by atoms with Crippen molar-refractivity contribution in [1.82, 2.24) is 15.2 Å². The molecule has 0 saturated heterocycles. The third kappa shape index (κ3) is 4.92. The van der Waals surface area contributed by atoms with Gasteiger partial charge in [0.2, 0.25) is 5.91 Å². The average Bonchev–Trinajstić information content (AvgIpc) is 3.27. The number of esters is 1. The molecule has 1 aliphatic rings. The molecule has 1 saturated carbocycles. The lowest BCUT2D eigenvalue weighted by atomic mass is 10.1.